The molecule has 136 valence electrons. The molecule has 1 aliphatic heterocycles. The van der Waals surface area contributed by atoms with Crippen molar-refractivity contribution in [2.24, 2.45) is 0 Å². The molecule has 4 rings (SSSR count). The van der Waals surface area contributed by atoms with E-state index in [9.17, 15) is 9.59 Å². The SMILES string of the molecule is O=C(C[C@@H](c1cccs1)N1Cc2ccccc2C1=O)Nc1ccc(Br)cn1. The summed E-state index contributed by atoms with van der Waals surface area (Å²) >= 11 is 4.88. The third-order valence-electron chi connectivity index (χ3n) is 4.47. The lowest BCUT2D eigenvalue weighted by Crippen LogP contribution is -2.31. The van der Waals surface area contributed by atoms with Crippen LogP contribution in [0.4, 0.5) is 5.82 Å². The highest BCUT2D eigenvalue weighted by Crippen LogP contribution is 2.35. The van der Waals surface area contributed by atoms with E-state index in [1.165, 1.54) is 0 Å². The zero-order valence-corrected chi connectivity index (χ0v) is 16.7. The van der Waals surface area contributed by atoms with E-state index in [2.05, 4.69) is 26.2 Å². The van der Waals surface area contributed by atoms with Crippen molar-refractivity contribution < 1.29 is 9.59 Å². The highest BCUT2D eigenvalue weighted by atomic mass is 79.9. The van der Waals surface area contributed by atoms with Crippen LogP contribution in [0.25, 0.3) is 0 Å². The maximum Gasteiger partial charge on any atom is 0.255 e. The average Bonchev–Trinajstić information content (AvgIpc) is 3.31. The number of hydrogen-bond donors (Lipinski definition) is 1. The highest BCUT2D eigenvalue weighted by Gasteiger charge is 2.34. The number of carbonyl (C=O) groups is 2. The van der Waals surface area contributed by atoms with Crippen molar-refractivity contribution >= 4 is 44.9 Å². The quantitative estimate of drug-likeness (QED) is 0.627. The second-order valence-corrected chi connectivity index (χ2v) is 8.13. The molecule has 3 aromatic rings. The van der Waals surface area contributed by atoms with Gasteiger partial charge in [-0.25, -0.2) is 4.98 Å². The molecule has 2 aromatic heterocycles. The molecule has 7 heteroatoms. The first-order valence-corrected chi connectivity index (χ1v) is 10.1. The van der Waals surface area contributed by atoms with E-state index in [4.69, 9.17) is 0 Å². The Labute approximate surface area is 169 Å². The monoisotopic (exact) mass is 441 g/mol. The van der Waals surface area contributed by atoms with Gasteiger partial charge in [-0.05, 0) is 51.1 Å². The molecular formula is C20H16BrN3O2S. The molecule has 1 atom stereocenters. The zero-order chi connectivity index (χ0) is 18.8. The van der Waals surface area contributed by atoms with Crippen molar-refractivity contribution in [2.45, 2.75) is 19.0 Å². The highest BCUT2D eigenvalue weighted by molar-refractivity contribution is 9.10. The largest absolute Gasteiger partial charge is 0.326 e. The lowest BCUT2D eigenvalue weighted by molar-refractivity contribution is -0.117. The van der Waals surface area contributed by atoms with Crippen LogP contribution in [0, 0.1) is 0 Å². The summed E-state index contributed by atoms with van der Waals surface area (Å²) in [5, 5.41) is 4.78. The molecule has 1 N–H and O–H groups in total. The predicted molar refractivity (Wildman–Crippen MR) is 109 cm³/mol. The maximum atomic E-state index is 12.9. The van der Waals surface area contributed by atoms with Crippen molar-refractivity contribution in [3.63, 3.8) is 0 Å². The van der Waals surface area contributed by atoms with Crippen molar-refractivity contribution in [1.29, 1.82) is 0 Å². The Bertz CT molecular complexity index is 973. The third kappa shape index (κ3) is 3.79. The summed E-state index contributed by atoms with van der Waals surface area (Å²) in [6.07, 6.45) is 1.81. The van der Waals surface area contributed by atoms with Gasteiger partial charge in [0.1, 0.15) is 5.82 Å². The Morgan fingerprint density at radius 2 is 2.07 bits per heavy atom. The molecule has 1 aliphatic rings. The van der Waals surface area contributed by atoms with Gasteiger partial charge in [0.25, 0.3) is 5.91 Å². The van der Waals surface area contributed by atoms with E-state index in [1.807, 2.05) is 47.8 Å². The number of thiophene rings is 1. The maximum absolute atomic E-state index is 12.9. The minimum Gasteiger partial charge on any atom is -0.326 e. The number of aromatic nitrogens is 1. The van der Waals surface area contributed by atoms with Crippen molar-refractivity contribution in [1.82, 2.24) is 9.88 Å². The number of hydrogen-bond acceptors (Lipinski definition) is 4. The van der Waals surface area contributed by atoms with Crippen LogP contribution in [0.3, 0.4) is 0 Å². The Morgan fingerprint density at radius 1 is 1.22 bits per heavy atom. The van der Waals surface area contributed by atoms with Crippen molar-refractivity contribution in [3.05, 3.63) is 80.6 Å². The molecule has 0 saturated carbocycles. The molecule has 0 unspecified atom stereocenters. The van der Waals surface area contributed by atoms with Crippen LogP contribution in [0.1, 0.15) is 33.3 Å². The number of carbonyl (C=O) groups excluding carboxylic acids is 2. The van der Waals surface area contributed by atoms with Crippen molar-refractivity contribution in [3.8, 4) is 0 Å². The fourth-order valence-corrected chi connectivity index (χ4v) is 4.27. The van der Waals surface area contributed by atoms with Crippen LogP contribution in [0.2, 0.25) is 0 Å². The van der Waals surface area contributed by atoms with Gasteiger partial charge in [-0.3, -0.25) is 9.59 Å². The summed E-state index contributed by atoms with van der Waals surface area (Å²) < 4.78 is 0.845. The number of halogens is 1. The van der Waals surface area contributed by atoms with Gasteiger partial charge < -0.3 is 10.2 Å². The minimum atomic E-state index is -0.305. The second kappa shape index (κ2) is 7.62. The Hall–Kier alpha value is -2.51. The molecule has 27 heavy (non-hydrogen) atoms. The fraction of sp³-hybridized carbons (Fsp3) is 0.150. The molecule has 3 heterocycles. The van der Waals surface area contributed by atoms with Gasteiger partial charge in [0.2, 0.25) is 5.91 Å². The number of anilines is 1. The van der Waals surface area contributed by atoms with Crippen LogP contribution < -0.4 is 5.32 Å². The molecule has 0 saturated heterocycles. The van der Waals surface area contributed by atoms with E-state index in [0.717, 1.165) is 14.9 Å². The van der Waals surface area contributed by atoms with Crippen LogP contribution in [0.15, 0.2) is 64.6 Å². The summed E-state index contributed by atoms with van der Waals surface area (Å²) in [6, 6.07) is 14.8. The normalized spacial score (nSPS) is 14.1. The molecular weight excluding hydrogens is 426 g/mol. The standard InChI is InChI=1S/C20H16BrN3O2S/c21-14-7-8-18(22-11-14)23-19(25)10-16(17-6-3-9-27-17)24-12-13-4-1-2-5-15(13)20(24)26/h1-9,11,16H,10,12H2,(H,22,23,25)/t16-/m0/s1. The summed E-state index contributed by atoms with van der Waals surface area (Å²) in [7, 11) is 0. The van der Waals surface area contributed by atoms with Gasteiger partial charge in [0.05, 0.1) is 12.5 Å². The number of amides is 2. The minimum absolute atomic E-state index is 0.0291. The first-order valence-electron chi connectivity index (χ1n) is 8.45. The molecule has 0 bridgehead atoms. The van der Waals surface area contributed by atoms with Gasteiger partial charge in [0, 0.05) is 27.7 Å². The number of pyridine rings is 1. The third-order valence-corrected chi connectivity index (χ3v) is 5.91. The van der Waals surface area contributed by atoms with Gasteiger partial charge in [-0.2, -0.15) is 0 Å². The Balaban J connectivity index is 1.55. The van der Waals surface area contributed by atoms with E-state index in [-0.39, 0.29) is 24.3 Å². The molecule has 2 amide bonds. The smallest absolute Gasteiger partial charge is 0.255 e. The second-order valence-electron chi connectivity index (χ2n) is 6.24. The van der Waals surface area contributed by atoms with Crippen LogP contribution in [-0.2, 0) is 11.3 Å². The predicted octanol–water partition coefficient (Wildman–Crippen LogP) is 4.63. The van der Waals surface area contributed by atoms with E-state index >= 15 is 0 Å². The van der Waals surface area contributed by atoms with Gasteiger partial charge in [-0.1, -0.05) is 24.3 Å². The first-order chi connectivity index (χ1) is 13.1. The van der Waals surface area contributed by atoms with E-state index < -0.39 is 0 Å². The summed E-state index contributed by atoms with van der Waals surface area (Å²) in [4.78, 5) is 32.5. The van der Waals surface area contributed by atoms with Gasteiger partial charge in [-0.15, -0.1) is 11.3 Å². The van der Waals surface area contributed by atoms with Crippen molar-refractivity contribution in [2.75, 3.05) is 5.32 Å². The lowest BCUT2D eigenvalue weighted by atomic mass is 10.1. The van der Waals surface area contributed by atoms with Crippen LogP contribution >= 0.6 is 27.3 Å². The number of fused-ring (bicyclic) bond motifs is 1. The van der Waals surface area contributed by atoms with E-state index in [1.54, 1.807) is 28.5 Å². The van der Waals surface area contributed by atoms with Gasteiger partial charge in [0.15, 0.2) is 0 Å². The fourth-order valence-electron chi connectivity index (χ4n) is 3.19. The Morgan fingerprint density at radius 3 is 2.78 bits per heavy atom. The number of nitrogens with zero attached hydrogens (tertiary/aromatic N) is 2. The first kappa shape index (κ1) is 17.9. The van der Waals surface area contributed by atoms with Gasteiger partial charge >= 0.3 is 0 Å². The summed E-state index contributed by atoms with van der Waals surface area (Å²) in [6.45, 7) is 0.515. The molecule has 0 radical (unpaired) electrons. The molecule has 1 aromatic carbocycles. The molecule has 5 nitrogen and oxygen atoms in total. The summed E-state index contributed by atoms with van der Waals surface area (Å²) in [5.41, 5.74) is 1.72. The lowest BCUT2D eigenvalue weighted by Gasteiger charge is -2.26. The molecule has 0 aliphatic carbocycles. The topological polar surface area (TPSA) is 62.3 Å². The van der Waals surface area contributed by atoms with Crippen LogP contribution in [0.5, 0.6) is 0 Å². The zero-order valence-electron chi connectivity index (χ0n) is 14.3. The molecule has 0 spiro atoms. The number of rotatable bonds is 5. The van der Waals surface area contributed by atoms with E-state index in [0.29, 0.717) is 17.9 Å². The van der Waals surface area contributed by atoms with Crippen LogP contribution in [-0.4, -0.2) is 21.7 Å². The molecule has 0 fully saturated rings. The summed E-state index contributed by atoms with van der Waals surface area (Å²) in [5.74, 6) is 0.287. The average molecular weight is 442 g/mol. The number of benzene rings is 1. The Kier molecular flexibility index (Phi) is 5.05. The number of nitrogens with one attached hydrogen (secondary N) is 1.